The lowest BCUT2D eigenvalue weighted by Crippen LogP contribution is -2.35. The monoisotopic (exact) mass is 437 g/mol. The van der Waals surface area contributed by atoms with Gasteiger partial charge >= 0.3 is 0 Å². The van der Waals surface area contributed by atoms with Crippen LogP contribution in [0.1, 0.15) is 30.6 Å². The van der Waals surface area contributed by atoms with Crippen LogP contribution >= 0.6 is 0 Å². The van der Waals surface area contributed by atoms with Crippen LogP contribution in [0.3, 0.4) is 0 Å². The molecule has 1 aromatic heterocycles. The SMILES string of the molecule is CC(C)N=c1ccccn1C(=O)c1cccc(S(=O)(=O)NC2CCS(=O)(=O)C2)c1. The van der Waals surface area contributed by atoms with Gasteiger partial charge in [0, 0.05) is 23.8 Å². The Morgan fingerprint density at radius 2 is 1.97 bits per heavy atom. The van der Waals surface area contributed by atoms with E-state index in [4.69, 9.17) is 0 Å². The van der Waals surface area contributed by atoms with E-state index >= 15 is 0 Å². The summed E-state index contributed by atoms with van der Waals surface area (Å²) in [6.07, 6.45) is 1.81. The van der Waals surface area contributed by atoms with E-state index < -0.39 is 31.8 Å². The third kappa shape index (κ3) is 5.20. The number of nitrogens with zero attached hydrogens (tertiary/aromatic N) is 2. The molecule has 2 heterocycles. The molecule has 0 bridgehead atoms. The number of sulfonamides is 1. The summed E-state index contributed by atoms with van der Waals surface area (Å²) in [6, 6.07) is 10.2. The normalized spacial score (nSPS) is 19.6. The molecule has 2 aromatic rings. The molecule has 3 rings (SSSR count). The number of carbonyl (C=O) groups is 1. The first-order valence-corrected chi connectivity index (χ1v) is 12.5. The fraction of sp³-hybridized carbons (Fsp3) is 0.368. The number of benzene rings is 1. The highest BCUT2D eigenvalue weighted by molar-refractivity contribution is 7.92. The van der Waals surface area contributed by atoms with Gasteiger partial charge in [-0.3, -0.25) is 14.4 Å². The van der Waals surface area contributed by atoms with Gasteiger partial charge in [-0.15, -0.1) is 0 Å². The molecule has 156 valence electrons. The molecule has 29 heavy (non-hydrogen) atoms. The average Bonchev–Trinajstić information content (AvgIpc) is 2.99. The van der Waals surface area contributed by atoms with Crippen LogP contribution in [0.4, 0.5) is 0 Å². The Balaban J connectivity index is 1.91. The van der Waals surface area contributed by atoms with E-state index in [0.717, 1.165) is 0 Å². The summed E-state index contributed by atoms with van der Waals surface area (Å²) < 4.78 is 52.3. The maximum atomic E-state index is 13.0. The van der Waals surface area contributed by atoms with Crippen molar-refractivity contribution < 1.29 is 21.6 Å². The van der Waals surface area contributed by atoms with Crippen molar-refractivity contribution >= 4 is 25.8 Å². The number of hydrogen-bond acceptors (Lipinski definition) is 6. The second kappa shape index (κ2) is 8.21. The maximum absolute atomic E-state index is 13.0. The Labute approximate surface area is 170 Å². The molecule has 0 aliphatic carbocycles. The molecular weight excluding hydrogens is 414 g/mol. The summed E-state index contributed by atoms with van der Waals surface area (Å²) in [6.45, 7) is 3.79. The highest BCUT2D eigenvalue weighted by atomic mass is 32.2. The van der Waals surface area contributed by atoms with Crippen molar-refractivity contribution in [3.05, 3.63) is 59.7 Å². The first-order chi connectivity index (χ1) is 13.6. The molecular formula is C19H23N3O5S2. The Bertz CT molecular complexity index is 1200. The minimum absolute atomic E-state index is 0.0185. The van der Waals surface area contributed by atoms with Crippen molar-refractivity contribution in [2.24, 2.45) is 4.99 Å². The number of nitrogens with one attached hydrogen (secondary N) is 1. The van der Waals surface area contributed by atoms with Crippen LogP contribution in [0.15, 0.2) is 58.5 Å². The van der Waals surface area contributed by atoms with E-state index in [-0.39, 0.29) is 34.4 Å². The van der Waals surface area contributed by atoms with Crippen molar-refractivity contribution in [1.82, 2.24) is 9.29 Å². The Morgan fingerprint density at radius 1 is 1.21 bits per heavy atom. The Kier molecular flexibility index (Phi) is 6.06. The van der Waals surface area contributed by atoms with E-state index in [9.17, 15) is 21.6 Å². The molecule has 1 atom stereocenters. The average molecular weight is 438 g/mol. The predicted octanol–water partition coefficient (Wildman–Crippen LogP) is 0.951. The van der Waals surface area contributed by atoms with Crippen LogP contribution in [-0.4, -0.2) is 50.9 Å². The third-order valence-corrected chi connectivity index (χ3v) is 7.68. The molecule has 1 fully saturated rings. The maximum Gasteiger partial charge on any atom is 0.263 e. The fourth-order valence-corrected chi connectivity index (χ4v) is 6.18. The summed E-state index contributed by atoms with van der Waals surface area (Å²) in [5.74, 6) is -0.665. The first kappa shape index (κ1) is 21.4. The second-order valence-electron chi connectivity index (χ2n) is 7.21. The standard InChI is InChI=1S/C19H23N3O5S2/c1-14(2)20-18-8-3-4-10-22(18)19(23)15-6-5-7-17(12-15)29(26,27)21-16-9-11-28(24,25)13-16/h3-8,10,12,14,16,21H,9,11,13H2,1-2H3. The lowest BCUT2D eigenvalue weighted by atomic mass is 10.2. The van der Waals surface area contributed by atoms with E-state index in [0.29, 0.717) is 5.49 Å². The van der Waals surface area contributed by atoms with Gasteiger partial charge in [0.2, 0.25) is 10.0 Å². The lowest BCUT2D eigenvalue weighted by Gasteiger charge is -2.13. The van der Waals surface area contributed by atoms with Crippen LogP contribution in [0.25, 0.3) is 0 Å². The zero-order valence-corrected chi connectivity index (χ0v) is 17.8. The molecule has 1 unspecified atom stereocenters. The molecule has 0 saturated carbocycles. The first-order valence-electron chi connectivity index (χ1n) is 9.16. The van der Waals surface area contributed by atoms with Gasteiger partial charge in [0.1, 0.15) is 5.49 Å². The second-order valence-corrected chi connectivity index (χ2v) is 11.1. The van der Waals surface area contributed by atoms with E-state index in [1.807, 2.05) is 13.8 Å². The highest BCUT2D eigenvalue weighted by Crippen LogP contribution is 2.17. The fourth-order valence-electron chi connectivity index (χ4n) is 3.09. The summed E-state index contributed by atoms with van der Waals surface area (Å²) in [4.78, 5) is 17.3. The van der Waals surface area contributed by atoms with Crippen molar-refractivity contribution in [2.75, 3.05) is 11.5 Å². The molecule has 1 aliphatic heterocycles. The largest absolute Gasteiger partial charge is 0.268 e. The zero-order valence-electron chi connectivity index (χ0n) is 16.1. The predicted molar refractivity (Wildman–Crippen MR) is 109 cm³/mol. The number of aromatic nitrogens is 1. The molecule has 0 amide bonds. The Morgan fingerprint density at radius 3 is 2.62 bits per heavy atom. The van der Waals surface area contributed by atoms with E-state index in [1.54, 1.807) is 24.4 Å². The smallest absolute Gasteiger partial charge is 0.263 e. The van der Waals surface area contributed by atoms with Gasteiger partial charge in [0.25, 0.3) is 5.91 Å². The third-order valence-electron chi connectivity index (χ3n) is 4.39. The quantitative estimate of drug-likeness (QED) is 0.748. The summed E-state index contributed by atoms with van der Waals surface area (Å²) in [5.41, 5.74) is 0.651. The van der Waals surface area contributed by atoms with Gasteiger partial charge in [-0.1, -0.05) is 12.1 Å². The topological polar surface area (TPSA) is 115 Å². The molecule has 1 N–H and O–H groups in total. The molecule has 10 heteroatoms. The lowest BCUT2D eigenvalue weighted by molar-refractivity contribution is 0.0954. The van der Waals surface area contributed by atoms with Gasteiger partial charge in [-0.05, 0) is 50.6 Å². The molecule has 8 nitrogen and oxygen atoms in total. The molecule has 1 aliphatic rings. The molecule has 1 saturated heterocycles. The summed E-state index contributed by atoms with van der Waals surface area (Å²) in [5, 5.41) is 0. The van der Waals surface area contributed by atoms with Gasteiger partial charge < -0.3 is 0 Å². The van der Waals surface area contributed by atoms with Gasteiger partial charge in [0.15, 0.2) is 9.84 Å². The minimum Gasteiger partial charge on any atom is -0.268 e. The summed E-state index contributed by atoms with van der Waals surface area (Å²) >= 11 is 0. The molecule has 0 radical (unpaired) electrons. The van der Waals surface area contributed by atoms with Crippen LogP contribution in [0.2, 0.25) is 0 Å². The number of sulfone groups is 1. The van der Waals surface area contributed by atoms with Crippen LogP contribution < -0.4 is 10.2 Å². The van der Waals surface area contributed by atoms with Crippen molar-refractivity contribution in [3.8, 4) is 0 Å². The number of hydrogen-bond donors (Lipinski definition) is 1. The van der Waals surface area contributed by atoms with Crippen LogP contribution in [-0.2, 0) is 19.9 Å². The van der Waals surface area contributed by atoms with E-state index in [2.05, 4.69) is 9.71 Å². The number of rotatable bonds is 5. The van der Waals surface area contributed by atoms with E-state index in [1.165, 1.54) is 28.8 Å². The zero-order chi connectivity index (χ0) is 21.2. The van der Waals surface area contributed by atoms with Crippen molar-refractivity contribution in [3.63, 3.8) is 0 Å². The molecule has 1 aromatic carbocycles. The Hall–Kier alpha value is -2.30. The summed E-state index contributed by atoms with van der Waals surface area (Å²) in [7, 11) is -7.18. The van der Waals surface area contributed by atoms with Crippen molar-refractivity contribution in [2.45, 2.75) is 37.2 Å². The number of pyridine rings is 1. The van der Waals surface area contributed by atoms with Crippen LogP contribution in [0.5, 0.6) is 0 Å². The van der Waals surface area contributed by atoms with Gasteiger partial charge in [-0.2, -0.15) is 0 Å². The highest BCUT2D eigenvalue weighted by Gasteiger charge is 2.31. The minimum atomic E-state index is -3.96. The van der Waals surface area contributed by atoms with Crippen molar-refractivity contribution in [1.29, 1.82) is 0 Å². The molecule has 0 spiro atoms. The van der Waals surface area contributed by atoms with Gasteiger partial charge in [-0.25, -0.2) is 21.6 Å². The van der Waals surface area contributed by atoms with Gasteiger partial charge in [0.05, 0.1) is 16.4 Å². The number of carbonyl (C=O) groups excluding carboxylic acids is 1. The van der Waals surface area contributed by atoms with Crippen LogP contribution in [0, 0.1) is 0 Å².